The first kappa shape index (κ1) is 34.7. The molecule has 10 nitrogen and oxygen atoms in total. The molecule has 1 N–H and O–H groups in total. The third-order valence-electron chi connectivity index (χ3n) is 10.2. The normalized spacial score (nSPS) is 22.4. The van der Waals surface area contributed by atoms with Gasteiger partial charge >= 0.3 is 0 Å². The second-order valence-electron chi connectivity index (χ2n) is 14.5. The van der Waals surface area contributed by atoms with Gasteiger partial charge in [0.15, 0.2) is 25.4 Å². The van der Waals surface area contributed by atoms with Crippen molar-refractivity contribution in [3.05, 3.63) is 63.1 Å². The van der Waals surface area contributed by atoms with E-state index in [1.807, 2.05) is 13.8 Å². The summed E-state index contributed by atoms with van der Waals surface area (Å²) < 4.78 is 41.9. The number of aromatic nitrogens is 1. The van der Waals surface area contributed by atoms with Gasteiger partial charge < -0.3 is 28.8 Å². The molecule has 5 rings (SSSR count). The molecule has 1 saturated heterocycles. The first-order valence-corrected chi connectivity index (χ1v) is 19.3. The molecule has 256 valence electrons. The summed E-state index contributed by atoms with van der Waals surface area (Å²) in [6.07, 6.45) is 4.51. The number of fused-ring (bicyclic) bond motifs is 5. The number of oxime groups is 1. The average Bonchev–Trinajstić information content (AvgIpc) is 3.37. The zero-order valence-electron chi connectivity index (χ0n) is 28.4. The van der Waals surface area contributed by atoms with Gasteiger partial charge in [-0.1, -0.05) is 45.3 Å². The molecule has 13 heteroatoms. The molecule has 2 amide bonds. The van der Waals surface area contributed by atoms with Crippen molar-refractivity contribution < 1.29 is 32.4 Å². The average molecular weight is 673 g/mol. The number of pyridine rings is 1. The Morgan fingerprint density at radius 3 is 2.66 bits per heavy atom. The lowest BCUT2D eigenvalue weighted by Gasteiger charge is -2.42. The van der Waals surface area contributed by atoms with Crippen LogP contribution >= 0.6 is 0 Å². The fourth-order valence-electron chi connectivity index (χ4n) is 6.12. The number of ether oxygens (including phenoxy) is 1. The second-order valence-corrected chi connectivity index (χ2v) is 19.3. The molecular weight excluding hydrogens is 626 g/mol. The van der Waals surface area contributed by atoms with Crippen molar-refractivity contribution >= 4 is 25.8 Å². The standard InChI is InChI=1S/C34H46F2N4O6Si/c1-8-9-14-44-30-28-32(43)39-19-27(34(13-12-21(39)2)16-24(38-46-34)20-45-47(6,7)33(3,4)5)40(28)18-25(29(30)41)31(42)37-17-22-10-11-23(35)15-26(22)36/h10-11,15,18,21,27H,8-9,12-14,16-17,19-20H2,1-7H3,(H,37,42)/t21-,27+,34-/m0/s1. The highest BCUT2D eigenvalue weighted by Crippen LogP contribution is 2.47. The Kier molecular flexibility index (Phi) is 9.71. The van der Waals surface area contributed by atoms with E-state index >= 15 is 0 Å². The Morgan fingerprint density at radius 1 is 1.23 bits per heavy atom. The molecule has 0 radical (unpaired) electrons. The minimum Gasteiger partial charge on any atom is -0.487 e. The molecule has 1 fully saturated rings. The topological polar surface area (TPSA) is 111 Å². The lowest BCUT2D eigenvalue weighted by molar-refractivity contribution is -0.0656. The first-order valence-electron chi connectivity index (χ1n) is 16.4. The summed E-state index contributed by atoms with van der Waals surface area (Å²) in [5, 5.41) is 7.10. The summed E-state index contributed by atoms with van der Waals surface area (Å²) >= 11 is 0. The second kappa shape index (κ2) is 13.1. The summed E-state index contributed by atoms with van der Waals surface area (Å²) in [7, 11) is -2.07. The van der Waals surface area contributed by atoms with E-state index in [1.54, 1.807) is 9.47 Å². The summed E-state index contributed by atoms with van der Waals surface area (Å²) in [5.74, 6) is -2.87. The number of carbonyl (C=O) groups is 2. The number of rotatable bonds is 10. The zero-order chi connectivity index (χ0) is 34.3. The lowest BCUT2D eigenvalue weighted by atomic mass is 9.84. The van der Waals surface area contributed by atoms with Gasteiger partial charge in [-0.15, -0.1) is 0 Å². The van der Waals surface area contributed by atoms with Crippen LogP contribution in [0.3, 0.4) is 0 Å². The van der Waals surface area contributed by atoms with Crippen LogP contribution < -0.4 is 15.5 Å². The van der Waals surface area contributed by atoms with E-state index in [9.17, 15) is 23.2 Å². The van der Waals surface area contributed by atoms with Crippen molar-refractivity contribution in [2.75, 3.05) is 19.8 Å². The van der Waals surface area contributed by atoms with E-state index in [0.29, 0.717) is 32.3 Å². The Balaban J connectivity index is 1.53. The molecule has 0 aliphatic carbocycles. The Morgan fingerprint density at radius 2 is 1.98 bits per heavy atom. The van der Waals surface area contributed by atoms with Crippen molar-refractivity contribution in [1.82, 2.24) is 14.8 Å². The van der Waals surface area contributed by atoms with Crippen LogP contribution in [0, 0.1) is 11.6 Å². The molecule has 3 aliphatic rings. The maximum atomic E-state index is 14.3. The van der Waals surface area contributed by atoms with Crippen LogP contribution in [-0.2, 0) is 15.8 Å². The number of carbonyl (C=O) groups excluding carboxylic acids is 2. The van der Waals surface area contributed by atoms with Gasteiger partial charge in [-0.2, -0.15) is 0 Å². The number of benzene rings is 1. The number of nitrogens with zero attached hydrogens (tertiary/aromatic N) is 3. The minimum absolute atomic E-state index is 0.0190. The quantitative estimate of drug-likeness (QED) is 0.247. The number of hydrogen-bond acceptors (Lipinski definition) is 7. The maximum absolute atomic E-state index is 14.3. The Bertz CT molecular complexity index is 1640. The van der Waals surface area contributed by atoms with E-state index in [2.05, 4.69) is 44.3 Å². The number of halogens is 2. The van der Waals surface area contributed by atoms with Gasteiger partial charge in [0.25, 0.3) is 11.8 Å². The third-order valence-corrected chi connectivity index (χ3v) is 14.7. The van der Waals surface area contributed by atoms with Crippen molar-refractivity contribution in [3.63, 3.8) is 0 Å². The molecule has 0 unspecified atom stereocenters. The molecule has 4 heterocycles. The van der Waals surface area contributed by atoms with Crippen molar-refractivity contribution in [1.29, 1.82) is 0 Å². The molecule has 3 aliphatic heterocycles. The molecule has 1 aromatic carbocycles. The third kappa shape index (κ3) is 6.74. The molecule has 2 bridgehead atoms. The Hall–Kier alpha value is -3.58. The summed E-state index contributed by atoms with van der Waals surface area (Å²) in [6, 6.07) is 2.42. The highest BCUT2D eigenvalue weighted by Gasteiger charge is 2.54. The molecular formula is C34H46F2N4O6Si. The number of hydrogen-bond donors (Lipinski definition) is 1. The predicted octanol–water partition coefficient (Wildman–Crippen LogP) is 5.95. The highest BCUT2D eigenvalue weighted by atomic mass is 28.4. The van der Waals surface area contributed by atoms with Crippen LogP contribution in [0.4, 0.5) is 8.78 Å². The lowest BCUT2D eigenvalue weighted by Crippen LogP contribution is -2.52. The summed E-state index contributed by atoms with van der Waals surface area (Å²) in [6.45, 7) is 15.4. The van der Waals surface area contributed by atoms with E-state index in [-0.39, 0.29) is 59.3 Å². The zero-order valence-corrected chi connectivity index (χ0v) is 29.4. The maximum Gasteiger partial charge on any atom is 0.274 e. The van der Waals surface area contributed by atoms with Crippen LogP contribution in [0.2, 0.25) is 18.1 Å². The number of nitrogens with one attached hydrogen (secondary N) is 1. The molecule has 3 atom stereocenters. The fraction of sp³-hybridized carbons (Fsp3) is 0.588. The van der Waals surface area contributed by atoms with Gasteiger partial charge in [-0.25, -0.2) is 8.78 Å². The molecule has 0 saturated carbocycles. The van der Waals surface area contributed by atoms with E-state index in [1.165, 1.54) is 12.3 Å². The van der Waals surface area contributed by atoms with Gasteiger partial charge in [0.2, 0.25) is 5.43 Å². The van der Waals surface area contributed by atoms with Crippen molar-refractivity contribution in [3.8, 4) is 5.75 Å². The van der Waals surface area contributed by atoms with Crippen molar-refractivity contribution in [2.24, 2.45) is 5.16 Å². The summed E-state index contributed by atoms with van der Waals surface area (Å²) in [5.41, 5.74) is -0.932. The fourth-order valence-corrected chi connectivity index (χ4v) is 7.08. The van der Waals surface area contributed by atoms with E-state index in [4.69, 9.17) is 14.0 Å². The predicted molar refractivity (Wildman–Crippen MR) is 176 cm³/mol. The van der Waals surface area contributed by atoms with Crippen LogP contribution in [0.5, 0.6) is 5.75 Å². The Labute approximate surface area is 275 Å². The molecule has 47 heavy (non-hydrogen) atoms. The van der Waals surface area contributed by atoms with Crippen LogP contribution in [0.1, 0.15) is 99.2 Å². The first-order chi connectivity index (χ1) is 22.1. The van der Waals surface area contributed by atoms with Crippen LogP contribution in [0.15, 0.2) is 34.3 Å². The van der Waals surface area contributed by atoms with E-state index in [0.717, 1.165) is 24.3 Å². The van der Waals surface area contributed by atoms with Gasteiger partial charge in [0, 0.05) is 43.4 Å². The molecule has 2 aromatic rings. The van der Waals surface area contributed by atoms with Crippen molar-refractivity contribution in [2.45, 2.75) is 109 Å². The SMILES string of the molecule is CCCCOc1c2n(cc(C(=O)NCc3ccc(F)cc3F)c1=O)[C@@H]1CN(C2=O)[C@@H](C)CC[C@]12CC(CO[Si](C)(C)C(C)(C)C)=NO2. The molecule has 1 aromatic heterocycles. The summed E-state index contributed by atoms with van der Waals surface area (Å²) in [4.78, 5) is 49.6. The van der Waals surface area contributed by atoms with E-state index < -0.39 is 42.9 Å². The van der Waals surface area contributed by atoms with Crippen LogP contribution in [0.25, 0.3) is 0 Å². The van der Waals surface area contributed by atoms with Gasteiger partial charge in [-0.05, 0) is 50.4 Å². The number of unbranched alkanes of at least 4 members (excludes halogenated alkanes) is 1. The monoisotopic (exact) mass is 672 g/mol. The highest BCUT2D eigenvalue weighted by molar-refractivity contribution is 6.74. The van der Waals surface area contributed by atoms with Crippen LogP contribution in [-0.4, -0.2) is 66.7 Å². The largest absolute Gasteiger partial charge is 0.487 e. The smallest absolute Gasteiger partial charge is 0.274 e. The van der Waals surface area contributed by atoms with Gasteiger partial charge in [0.1, 0.15) is 17.2 Å². The van der Waals surface area contributed by atoms with Gasteiger partial charge in [-0.3, -0.25) is 14.4 Å². The number of amides is 2. The molecule has 1 spiro atoms. The van der Waals surface area contributed by atoms with Gasteiger partial charge in [0.05, 0.1) is 25.0 Å². The minimum atomic E-state index is -2.07.